The summed E-state index contributed by atoms with van der Waals surface area (Å²) in [5, 5.41) is 9.75. The zero-order chi connectivity index (χ0) is 20.0. The van der Waals surface area contributed by atoms with E-state index in [1.165, 1.54) is 0 Å². The number of alkyl carbamates (subject to hydrolysis) is 1. The number of nitrogens with one attached hydrogen (secondary N) is 2. The molecule has 0 spiro atoms. The van der Waals surface area contributed by atoms with Gasteiger partial charge in [-0.2, -0.15) is 5.10 Å². The molecule has 0 bridgehead atoms. The first-order chi connectivity index (χ1) is 12.8. The van der Waals surface area contributed by atoms with Gasteiger partial charge in [-0.25, -0.2) is 19.1 Å². The van der Waals surface area contributed by atoms with Crippen molar-refractivity contribution in [1.82, 2.24) is 30.1 Å². The number of imidazole rings is 1. The number of urea groups is 1. The minimum atomic E-state index is -0.540. The lowest BCUT2D eigenvalue weighted by Crippen LogP contribution is -2.32. The second-order valence-corrected chi connectivity index (χ2v) is 6.91. The van der Waals surface area contributed by atoms with Crippen molar-refractivity contribution >= 4 is 17.8 Å². The first-order valence-electron chi connectivity index (χ1n) is 9.13. The van der Waals surface area contributed by atoms with E-state index in [1.54, 1.807) is 21.8 Å². The molecule has 0 unspecified atom stereocenters. The molecule has 9 nitrogen and oxygen atoms in total. The molecule has 3 heterocycles. The number of hydrogen-bond donors (Lipinski definition) is 2. The lowest BCUT2D eigenvalue weighted by Gasteiger charge is -2.19. The van der Waals surface area contributed by atoms with Crippen molar-refractivity contribution < 1.29 is 14.3 Å². The van der Waals surface area contributed by atoms with Crippen LogP contribution in [0.5, 0.6) is 0 Å². The zero-order valence-electron chi connectivity index (χ0n) is 16.6. The number of rotatable bonds is 4. The Kier molecular flexibility index (Phi) is 6.59. The van der Waals surface area contributed by atoms with E-state index in [4.69, 9.17) is 4.74 Å². The van der Waals surface area contributed by atoms with Crippen LogP contribution < -0.4 is 10.6 Å². The van der Waals surface area contributed by atoms with Crippen LogP contribution in [0, 0.1) is 0 Å². The monoisotopic (exact) mass is 376 g/mol. The van der Waals surface area contributed by atoms with Crippen LogP contribution in [0.2, 0.25) is 0 Å². The summed E-state index contributed by atoms with van der Waals surface area (Å²) in [6, 6.07) is 1.82. The van der Waals surface area contributed by atoms with Gasteiger partial charge >= 0.3 is 12.1 Å². The number of hydrogen-bond acceptors (Lipinski definition) is 5. The van der Waals surface area contributed by atoms with Gasteiger partial charge in [0.05, 0.1) is 24.6 Å². The number of nitrogens with zero attached hydrogens (tertiary/aromatic N) is 4. The van der Waals surface area contributed by atoms with Crippen LogP contribution in [0.15, 0.2) is 18.5 Å². The van der Waals surface area contributed by atoms with Gasteiger partial charge in [0.15, 0.2) is 5.65 Å². The highest BCUT2D eigenvalue weighted by Gasteiger charge is 2.20. The summed E-state index contributed by atoms with van der Waals surface area (Å²) in [4.78, 5) is 29.5. The summed E-state index contributed by atoms with van der Waals surface area (Å²) in [7, 11) is 0. The van der Waals surface area contributed by atoms with Crippen LogP contribution in [0.3, 0.4) is 0 Å². The van der Waals surface area contributed by atoms with Gasteiger partial charge in [-0.15, -0.1) is 0 Å². The fourth-order valence-electron chi connectivity index (χ4n) is 2.50. The molecule has 2 N–H and O–H groups in total. The first kappa shape index (κ1) is 20.5. The molecule has 0 aliphatic carbocycles. The third-order valence-electron chi connectivity index (χ3n) is 3.56. The highest BCUT2D eigenvalue weighted by atomic mass is 16.6. The number of carbonyl (C=O) groups is 2. The van der Waals surface area contributed by atoms with Gasteiger partial charge in [0.2, 0.25) is 0 Å². The van der Waals surface area contributed by atoms with Gasteiger partial charge in [0.25, 0.3) is 0 Å². The van der Waals surface area contributed by atoms with Crippen LogP contribution in [-0.2, 0) is 17.8 Å². The van der Waals surface area contributed by atoms with Crippen LogP contribution in [0.1, 0.15) is 45.9 Å². The topological polar surface area (TPSA) is 101 Å². The van der Waals surface area contributed by atoms with Gasteiger partial charge in [0, 0.05) is 19.6 Å². The number of carbonyl (C=O) groups excluding carboxylic acids is 2. The van der Waals surface area contributed by atoms with Gasteiger partial charge in [0.1, 0.15) is 5.60 Å². The quantitative estimate of drug-likeness (QED) is 0.853. The smallest absolute Gasteiger partial charge is 0.407 e. The predicted octanol–water partition coefficient (Wildman–Crippen LogP) is 2.31. The molecule has 0 radical (unpaired) electrons. The van der Waals surface area contributed by atoms with E-state index in [9.17, 15) is 9.59 Å². The van der Waals surface area contributed by atoms with E-state index < -0.39 is 11.7 Å². The highest BCUT2D eigenvalue weighted by molar-refractivity contribution is 5.76. The number of aromatic nitrogens is 3. The minimum absolute atomic E-state index is 0.0644. The van der Waals surface area contributed by atoms with E-state index in [2.05, 4.69) is 20.7 Å². The van der Waals surface area contributed by atoms with Gasteiger partial charge in [-0.3, -0.25) is 0 Å². The summed E-state index contributed by atoms with van der Waals surface area (Å²) >= 11 is 0. The van der Waals surface area contributed by atoms with Crippen molar-refractivity contribution in [2.24, 2.45) is 0 Å². The molecule has 0 aromatic carbocycles. The van der Waals surface area contributed by atoms with E-state index in [0.29, 0.717) is 31.0 Å². The van der Waals surface area contributed by atoms with Crippen molar-refractivity contribution in [2.45, 2.75) is 53.3 Å². The Morgan fingerprint density at radius 2 is 2.11 bits per heavy atom. The van der Waals surface area contributed by atoms with Crippen molar-refractivity contribution in [3.05, 3.63) is 29.7 Å². The number of ether oxygens (including phenoxy) is 1. The Morgan fingerprint density at radius 1 is 1.37 bits per heavy atom. The normalized spacial score (nSPS) is 13.8. The van der Waals surface area contributed by atoms with Gasteiger partial charge < -0.3 is 20.3 Å². The Labute approximate surface area is 159 Å². The van der Waals surface area contributed by atoms with E-state index in [-0.39, 0.29) is 12.6 Å². The summed E-state index contributed by atoms with van der Waals surface area (Å²) in [6.07, 6.45) is 2.97. The van der Waals surface area contributed by atoms with Crippen LogP contribution >= 0.6 is 0 Å². The molecule has 9 heteroatoms. The molecule has 3 amide bonds. The molecule has 3 rings (SSSR count). The standard InChI is InChI=1S/C16H22N6O3.C2H6/c1-16(2,3)25-15(24)18-8-12-10-22-13(20-12)6-11(7-19-22)9-21-5-4-17-14(21)23;1-2/h6-7,10H,4-5,8-9H2,1-3H3,(H,17,23)(H,18,24);1-2H3. The zero-order valence-corrected chi connectivity index (χ0v) is 16.6. The summed E-state index contributed by atoms with van der Waals surface area (Å²) in [5.74, 6) is 0. The molecule has 1 saturated heterocycles. The summed E-state index contributed by atoms with van der Waals surface area (Å²) in [6.45, 7) is 11.5. The largest absolute Gasteiger partial charge is 0.444 e. The lowest BCUT2D eigenvalue weighted by molar-refractivity contribution is 0.0523. The van der Waals surface area contributed by atoms with Crippen molar-refractivity contribution in [1.29, 1.82) is 0 Å². The van der Waals surface area contributed by atoms with Gasteiger partial charge in [-0.05, 0) is 32.4 Å². The molecule has 1 aliphatic heterocycles. The van der Waals surface area contributed by atoms with Crippen LogP contribution in [-0.4, -0.2) is 50.3 Å². The molecule has 1 fully saturated rings. The molecular formula is C18H28N6O3. The third kappa shape index (κ3) is 5.83. The second kappa shape index (κ2) is 8.70. The van der Waals surface area contributed by atoms with Crippen LogP contribution in [0.4, 0.5) is 9.59 Å². The molecular weight excluding hydrogens is 348 g/mol. The van der Waals surface area contributed by atoms with Crippen LogP contribution in [0.25, 0.3) is 5.65 Å². The molecule has 0 atom stereocenters. The fraction of sp³-hybridized carbons (Fsp3) is 0.556. The molecule has 0 saturated carbocycles. The first-order valence-corrected chi connectivity index (χ1v) is 9.13. The van der Waals surface area contributed by atoms with Crippen molar-refractivity contribution in [3.8, 4) is 0 Å². The molecule has 1 aliphatic rings. The van der Waals surface area contributed by atoms with Crippen molar-refractivity contribution in [3.63, 3.8) is 0 Å². The van der Waals surface area contributed by atoms with E-state index in [1.807, 2.05) is 40.7 Å². The third-order valence-corrected chi connectivity index (χ3v) is 3.56. The Hall–Kier alpha value is -2.84. The Bertz CT molecular complexity index is 796. The second-order valence-electron chi connectivity index (χ2n) is 6.91. The minimum Gasteiger partial charge on any atom is -0.444 e. The Morgan fingerprint density at radius 3 is 2.74 bits per heavy atom. The molecule has 27 heavy (non-hydrogen) atoms. The number of amides is 3. The molecule has 148 valence electrons. The van der Waals surface area contributed by atoms with E-state index in [0.717, 1.165) is 5.56 Å². The van der Waals surface area contributed by atoms with E-state index >= 15 is 0 Å². The van der Waals surface area contributed by atoms with Gasteiger partial charge in [-0.1, -0.05) is 13.8 Å². The molecule has 2 aromatic rings. The highest BCUT2D eigenvalue weighted by Crippen LogP contribution is 2.11. The maximum atomic E-state index is 11.7. The lowest BCUT2D eigenvalue weighted by atomic mass is 10.2. The molecule has 2 aromatic heterocycles. The average Bonchev–Trinajstić information content (AvgIpc) is 3.19. The maximum absolute atomic E-state index is 11.7. The number of fused-ring (bicyclic) bond motifs is 1. The van der Waals surface area contributed by atoms with Crippen molar-refractivity contribution in [2.75, 3.05) is 13.1 Å². The average molecular weight is 376 g/mol. The predicted molar refractivity (Wildman–Crippen MR) is 101 cm³/mol. The Balaban J connectivity index is 0.00000126. The summed E-state index contributed by atoms with van der Waals surface area (Å²) in [5.41, 5.74) is 1.70. The SMILES string of the molecule is CC.CC(C)(C)OC(=O)NCc1cn2ncc(CN3CCNC3=O)cc2n1. The fourth-order valence-corrected chi connectivity index (χ4v) is 2.50. The maximum Gasteiger partial charge on any atom is 0.407 e. The summed E-state index contributed by atoms with van der Waals surface area (Å²) < 4.78 is 6.83.